The van der Waals surface area contributed by atoms with E-state index in [-0.39, 0.29) is 25.9 Å². The van der Waals surface area contributed by atoms with Crippen LogP contribution in [-0.2, 0) is 4.79 Å². The van der Waals surface area contributed by atoms with Crippen LogP contribution in [0.25, 0.3) is 0 Å². The molecule has 0 rings (SSSR count). The van der Waals surface area contributed by atoms with Crippen LogP contribution in [0.4, 0.5) is 18.0 Å². The fourth-order valence-corrected chi connectivity index (χ4v) is 1.05. The van der Waals surface area contributed by atoms with Crippen molar-refractivity contribution < 1.29 is 27.9 Å². The van der Waals surface area contributed by atoms with Crippen molar-refractivity contribution in [3.63, 3.8) is 0 Å². The molecule has 3 N–H and O–H groups in total. The molecule has 0 fully saturated rings. The Hall–Kier alpha value is -1.47. The van der Waals surface area contributed by atoms with E-state index in [1.54, 1.807) is 0 Å². The maximum atomic E-state index is 11.8. The SMILES string of the molecule is CC(CNC(=O)NCCCCC(F)(F)F)C(=O)O. The van der Waals surface area contributed by atoms with Crippen molar-refractivity contribution in [2.45, 2.75) is 32.4 Å². The average molecular weight is 270 g/mol. The van der Waals surface area contributed by atoms with Crippen molar-refractivity contribution >= 4 is 12.0 Å². The topological polar surface area (TPSA) is 78.4 Å². The van der Waals surface area contributed by atoms with E-state index in [1.807, 2.05) is 0 Å². The number of carboxylic acid groups (broad SMARTS) is 1. The molecule has 106 valence electrons. The number of carbonyl (C=O) groups is 2. The van der Waals surface area contributed by atoms with Crippen molar-refractivity contribution in [2.24, 2.45) is 5.92 Å². The number of aliphatic carboxylic acids is 1. The molecule has 0 spiro atoms. The summed E-state index contributed by atoms with van der Waals surface area (Å²) < 4.78 is 35.3. The van der Waals surface area contributed by atoms with Crippen molar-refractivity contribution in [1.82, 2.24) is 10.6 Å². The monoisotopic (exact) mass is 270 g/mol. The molecule has 5 nitrogen and oxygen atoms in total. The third-order valence-electron chi connectivity index (χ3n) is 2.16. The van der Waals surface area contributed by atoms with Crippen LogP contribution in [0, 0.1) is 5.92 Å². The molecule has 0 aliphatic heterocycles. The van der Waals surface area contributed by atoms with E-state index in [2.05, 4.69) is 10.6 Å². The molecular formula is C10H17F3N2O3. The summed E-state index contributed by atoms with van der Waals surface area (Å²) in [6.07, 6.45) is -4.86. The summed E-state index contributed by atoms with van der Waals surface area (Å²) in [6.45, 7) is 1.54. The average Bonchev–Trinajstić information content (AvgIpc) is 2.23. The van der Waals surface area contributed by atoms with Gasteiger partial charge in [0.05, 0.1) is 5.92 Å². The fraction of sp³-hybridized carbons (Fsp3) is 0.800. The zero-order valence-electron chi connectivity index (χ0n) is 10.0. The van der Waals surface area contributed by atoms with Crippen LogP contribution >= 0.6 is 0 Å². The summed E-state index contributed by atoms with van der Waals surface area (Å²) >= 11 is 0. The summed E-state index contributed by atoms with van der Waals surface area (Å²) in [5.74, 6) is -1.73. The Labute approximate surface area is 103 Å². The summed E-state index contributed by atoms with van der Waals surface area (Å²) in [6, 6.07) is -0.574. The van der Waals surface area contributed by atoms with E-state index in [0.29, 0.717) is 0 Å². The third kappa shape index (κ3) is 9.73. The van der Waals surface area contributed by atoms with Gasteiger partial charge in [0.2, 0.25) is 0 Å². The van der Waals surface area contributed by atoms with Crippen molar-refractivity contribution in [3.05, 3.63) is 0 Å². The van der Waals surface area contributed by atoms with Crippen molar-refractivity contribution in [2.75, 3.05) is 13.1 Å². The quantitative estimate of drug-likeness (QED) is 0.616. The van der Waals surface area contributed by atoms with Crippen molar-refractivity contribution in [3.8, 4) is 0 Å². The smallest absolute Gasteiger partial charge is 0.389 e. The van der Waals surface area contributed by atoms with E-state index < -0.39 is 30.5 Å². The van der Waals surface area contributed by atoms with Crippen LogP contribution in [0.5, 0.6) is 0 Å². The first-order valence-corrected chi connectivity index (χ1v) is 5.53. The fourth-order valence-electron chi connectivity index (χ4n) is 1.05. The van der Waals surface area contributed by atoms with E-state index >= 15 is 0 Å². The van der Waals surface area contributed by atoms with Gasteiger partial charge in [-0.2, -0.15) is 13.2 Å². The summed E-state index contributed by atoms with van der Waals surface area (Å²) in [5.41, 5.74) is 0. The molecule has 0 bridgehead atoms. The van der Waals surface area contributed by atoms with E-state index in [0.717, 1.165) is 0 Å². The van der Waals surface area contributed by atoms with Gasteiger partial charge in [0.1, 0.15) is 0 Å². The number of alkyl halides is 3. The molecule has 0 aromatic rings. The van der Waals surface area contributed by atoms with Crippen LogP contribution in [0.3, 0.4) is 0 Å². The number of halogens is 3. The molecule has 0 aromatic heterocycles. The Bertz CT molecular complexity index is 282. The lowest BCUT2D eigenvalue weighted by molar-refractivity contribution is -0.141. The van der Waals surface area contributed by atoms with Crippen molar-refractivity contribution in [1.29, 1.82) is 0 Å². The molecule has 0 saturated heterocycles. The zero-order chi connectivity index (χ0) is 14.2. The first-order chi connectivity index (χ1) is 8.22. The number of rotatable bonds is 7. The predicted molar refractivity (Wildman–Crippen MR) is 58.1 cm³/mol. The highest BCUT2D eigenvalue weighted by atomic mass is 19.4. The first kappa shape index (κ1) is 16.5. The van der Waals surface area contributed by atoms with Crippen LogP contribution in [0.2, 0.25) is 0 Å². The molecule has 0 heterocycles. The lowest BCUT2D eigenvalue weighted by Crippen LogP contribution is -2.39. The minimum atomic E-state index is -4.17. The highest BCUT2D eigenvalue weighted by molar-refractivity contribution is 5.75. The Morgan fingerprint density at radius 2 is 1.83 bits per heavy atom. The molecule has 8 heteroatoms. The van der Waals surface area contributed by atoms with E-state index in [9.17, 15) is 22.8 Å². The Morgan fingerprint density at radius 3 is 2.33 bits per heavy atom. The van der Waals surface area contributed by atoms with Crippen LogP contribution < -0.4 is 10.6 Å². The van der Waals surface area contributed by atoms with Gasteiger partial charge in [-0.1, -0.05) is 6.92 Å². The molecule has 18 heavy (non-hydrogen) atoms. The lowest BCUT2D eigenvalue weighted by atomic mass is 10.2. The Morgan fingerprint density at radius 1 is 1.22 bits per heavy atom. The Balaban J connectivity index is 3.52. The molecular weight excluding hydrogens is 253 g/mol. The second-order valence-corrected chi connectivity index (χ2v) is 3.95. The number of carboxylic acids is 1. The summed E-state index contributed by atoms with van der Waals surface area (Å²) in [4.78, 5) is 21.5. The number of nitrogens with one attached hydrogen (secondary N) is 2. The van der Waals surface area contributed by atoms with Gasteiger partial charge >= 0.3 is 18.2 Å². The Kier molecular flexibility index (Phi) is 7.14. The summed E-state index contributed by atoms with van der Waals surface area (Å²) in [5, 5.41) is 13.2. The van der Waals surface area contributed by atoms with Crippen LogP contribution in [0.15, 0.2) is 0 Å². The van der Waals surface area contributed by atoms with Gasteiger partial charge in [0.15, 0.2) is 0 Å². The number of urea groups is 1. The number of carbonyl (C=O) groups excluding carboxylic acids is 1. The molecule has 1 unspecified atom stereocenters. The second-order valence-electron chi connectivity index (χ2n) is 3.95. The van der Waals surface area contributed by atoms with Gasteiger partial charge in [-0.05, 0) is 12.8 Å². The first-order valence-electron chi connectivity index (χ1n) is 5.53. The maximum absolute atomic E-state index is 11.8. The number of hydrogen-bond acceptors (Lipinski definition) is 2. The van der Waals surface area contributed by atoms with Crippen LogP contribution in [0.1, 0.15) is 26.2 Å². The highest BCUT2D eigenvalue weighted by Gasteiger charge is 2.25. The van der Waals surface area contributed by atoms with Gasteiger partial charge < -0.3 is 15.7 Å². The molecule has 1 atom stereocenters. The summed E-state index contributed by atoms with van der Waals surface area (Å²) in [7, 11) is 0. The van der Waals surface area contributed by atoms with Gasteiger partial charge in [0.25, 0.3) is 0 Å². The van der Waals surface area contributed by atoms with Gasteiger partial charge in [-0.25, -0.2) is 4.79 Å². The molecule has 2 amide bonds. The molecule has 0 radical (unpaired) electrons. The number of amides is 2. The van der Waals surface area contributed by atoms with E-state index in [1.165, 1.54) is 6.92 Å². The predicted octanol–water partition coefficient (Wildman–Crippen LogP) is 1.74. The zero-order valence-corrected chi connectivity index (χ0v) is 10.0. The van der Waals surface area contributed by atoms with E-state index in [4.69, 9.17) is 5.11 Å². The number of hydrogen-bond donors (Lipinski definition) is 3. The largest absolute Gasteiger partial charge is 0.481 e. The molecule has 0 saturated carbocycles. The maximum Gasteiger partial charge on any atom is 0.389 e. The highest BCUT2D eigenvalue weighted by Crippen LogP contribution is 2.21. The minimum Gasteiger partial charge on any atom is -0.481 e. The van der Waals surface area contributed by atoms with Crippen LogP contribution in [-0.4, -0.2) is 36.4 Å². The third-order valence-corrected chi connectivity index (χ3v) is 2.16. The molecule has 0 aromatic carbocycles. The second kappa shape index (κ2) is 7.78. The van der Waals surface area contributed by atoms with Gasteiger partial charge in [-0.3, -0.25) is 4.79 Å². The standard InChI is InChI=1S/C10H17F3N2O3/c1-7(8(16)17)6-15-9(18)14-5-3-2-4-10(11,12)13/h7H,2-6H2,1H3,(H,16,17)(H2,14,15,18). The normalized spacial score (nSPS) is 12.9. The molecule has 0 aliphatic carbocycles. The number of unbranched alkanes of at least 4 members (excludes halogenated alkanes) is 1. The molecule has 0 aliphatic rings. The van der Waals surface area contributed by atoms with Gasteiger partial charge in [-0.15, -0.1) is 0 Å². The van der Waals surface area contributed by atoms with Gasteiger partial charge in [0, 0.05) is 19.5 Å². The minimum absolute atomic E-state index is 0.0241. The lowest BCUT2D eigenvalue weighted by Gasteiger charge is -2.10.